The fourth-order valence-corrected chi connectivity index (χ4v) is 6.03. The lowest BCUT2D eigenvalue weighted by atomic mass is 9.91. The van der Waals surface area contributed by atoms with Gasteiger partial charge in [-0.2, -0.15) is 0 Å². The molecule has 1 aliphatic carbocycles. The number of likely N-dealkylation sites (N-methyl/N-ethyl adjacent to an activating group) is 1. The first-order chi connectivity index (χ1) is 18.6. The second-order valence-electron chi connectivity index (χ2n) is 10.6. The first-order valence-corrected chi connectivity index (χ1v) is 14.5. The molecule has 0 saturated carbocycles. The summed E-state index contributed by atoms with van der Waals surface area (Å²) in [5.74, 6) is 1.06. The number of fused-ring (bicyclic) bond motifs is 2. The van der Waals surface area contributed by atoms with Crippen LogP contribution in [0.4, 0.5) is 0 Å². The van der Waals surface area contributed by atoms with Crippen molar-refractivity contribution >= 4 is 16.9 Å². The lowest BCUT2D eigenvalue weighted by Crippen LogP contribution is -2.50. The number of carbonyl (C=O) groups excluding carboxylic acids is 1. The van der Waals surface area contributed by atoms with E-state index in [1.807, 2.05) is 35.4 Å². The number of nitrogens with one attached hydrogen (secondary N) is 1. The zero-order valence-corrected chi connectivity index (χ0v) is 23.3. The Morgan fingerprint density at radius 2 is 1.89 bits per heavy atom. The number of piperazine rings is 1. The smallest absolute Gasteiger partial charge is 0.254 e. The van der Waals surface area contributed by atoms with E-state index in [1.165, 1.54) is 17.7 Å². The van der Waals surface area contributed by atoms with Crippen molar-refractivity contribution in [3.05, 3.63) is 59.2 Å². The van der Waals surface area contributed by atoms with E-state index in [0.29, 0.717) is 6.04 Å². The molecule has 1 N–H and O–H groups in total. The van der Waals surface area contributed by atoms with Crippen LogP contribution in [0.5, 0.6) is 0 Å². The van der Waals surface area contributed by atoms with Crippen LogP contribution in [0.25, 0.3) is 11.0 Å². The van der Waals surface area contributed by atoms with E-state index in [9.17, 15) is 4.79 Å². The minimum Gasteiger partial charge on any atom is -0.341 e. The number of amides is 1. The third-order valence-electron chi connectivity index (χ3n) is 8.43. The molecule has 204 valence electrons. The Hall–Kier alpha value is -2.81. The standard InChI is InChI=1S/C30H43N7O/c1-4-34(5-2)15-16-35-17-19-37(20-18-35)30(38)24-12-13-25-26(21-24)33-28(32-25)22-36(6-3)27-11-7-9-23-10-8-14-31-29(23)27/h8,10,12-14,21,27H,4-7,9,11,15-20,22H2,1-3H3,(H,32,33). The summed E-state index contributed by atoms with van der Waals surface area (Å²) in [7, 11) is 0. The summed E-state index contributed by atoms with van der Waals surface area (Å²) in [5, 5.41) is 0. The second-order valence-corrected chi connectivity index (χ2v) is 10.6. The number of benzene rings is 1. The number of carbonyl (C=O) groups is 1. The Bertz CT molecular complexity index is 1210. The Morgan fingerprint density at radius 3 is 2.66 bits per heavy atom. The zero-order valence-electron chi connectivity index (χ0n) is 23.3. The number of imidazole rings is 1. The molecule has 3 heterocycles. The van der Waals surface area contributed by atoms with Gasteiger partial charge in [0.05, 0.1) is 29.3 Å². The predicted molar refractivity (Wildman–Crippen MR) is 152 cm³/mol. The molecule has 8 heteroatoms. The van der Waals surface area contributed by atoms with Crippen molar-refractivity contribution in [2.24, 2.45) is 0 Å². The number of hydrogen-bond donors (Lipinski definition) is 1. The van der Waals surface area contributed by atoms with Crippen LogP contribution in [-0.2, 0) is 13.0 Å². The Morgan fingerprint density at radius 1 is 1.08 bits per heavy atom. The molecule has 0 spiro atoms. The molecule has 1 fully saturated rings. The van der Waals surface area contributed by atoms with Gasteiger partial charge in [-0.25, -0.2) is 4.98 Å². The van der Waals surface area contributed by atoms with Crippen LogP contribution in [0.15, 0.2) is 36.5 Å². The van der Waals surface area contributed by atoms with Crippen LogP contribution < -0.4 is 0 Å². The van der Waals surface area contributed by atoms with E-state index < -0.39 is 0 Å². The molecule has 2 aliphatic rings. The monoisotopic (exact) mass is 517 g/mol. The van der Waals surface area contributed by atoms with Gasteiger partial charge < -0.3 is 14.8 Å². The van der Waals surface area contributed by atoms with Gasteiger partial charge in [0, 0.05) is 51.0 Å². The van der Waals surface area contributed by atoms with E-state index in [-0.39, 0.29) is 5.91 Å². The van der Waals surface area contributed by atoms with E-state index in [4.69, 9.17) is 9.97 Å². The van der Waals surface area contributed by atoms with Crippen LogP contribution in [0, 0.1) is 0 Å². The Kier molecular flexibility index (Phi) is 8.72. The molecule has 1 saturated heterocycles. The van der Waals surface area contributed by atoms with Crippen LogP contribution >= 0.6 is 0 Å². The van der Waals surface area contributed by atoms with Crippen LogP contribution in [-0.4, -0.2) is 99.4 Å². The minimum atomic E-state index is 0.117. The van der Waals surface area contributed by atoms with Crippen molar-refractivity contribution in [2.75, 3.05) is 58.9 Å². The SMILES string of the molecule is CCN(CC)CCN1CCN(C(=O)c2ccc3nc(CN(CC)C4CCCc5cccnc54)[nH]c3c2)CC1. The number of aryl methyl sites for hydroxylation is 1. The topological polar surface area (TPSA) is 71.6 Å². The summed E-state index contributed by atoms with van der Waals surface area (Å²) in [5.41, 5.74) is 5.18. The number of aromatic nitrogens is 3. The highest BCUT2D eigenvalue weighted by molar-refractivity contribution is 5.97. The highest BCUT2D eigenvalue weighted by atomic mass is 16.2. The van der Waals surface area contributed by atoms with E-state index in [2.05, 4.69) is 46.5 Å². The van der Waals surface area contributed by atoms with Gasteiger partial charge in [-0.15, -0.1) is 0 Å². The van der Waals surface area contributed by atoms with Gasteiger partial charge in [0.2, 0.25) is 0 Å². The number of H-pyrrole nitrogens is 1. The van der Waals surface area contributed by atoms with Gasteiger partial charge >= 0.3 is 0 Å². The first kappa shape index (κ1) is 26.8. The molecule has 38 heavy (non-hydrogen) atoms. The molecule has 2 aromatic heterocycles. The average Bonchev–Trinajstić information content (AvgIpc) is 3.38. The van der Waals surface area contributed by atoms with Crippen LogP contribution in [0.2, 0.25) is 0 Å². The largest absolute Gasteiger partial charge is 0.341 e. The van der Waals surface area contributed by atoms with Gasteiger partial charge in [0.25, 0.3) is 5.91 Å². The maximum Gasteiger partial charge on any atom is 0.254 e. The number of pyridine rings is 1. The van der Waals surface area contributed by atoms with Gasteiger partial charge in [0.1, 0.15) is 5.82 Å². The normalized spacial score (nSPS) is 18.4. The predicted octanol–water partition coefficient (Wildman–Crippen LogP) is 3.96. The van der Waals surface area contributed by atoms with Crippen molar-refractivity contribution in [2.45, 2.75) is 52.6 Å². The highest BCUT2D eigenvalue weighted by Crippen LogP contribution is 2.33. The number of rotatable bonds is 10. The van der Waals surface area contributed by atoms with Crippen molar-refractivity contribution in [3.8, 4) is 0 Å². The van der Waals surface area contributed by atoms with Gasteiger partial charge in [-0.3, -0.25) is 19.6 Å². The molecule has 3 aromatic rings. The van der Waals surface area contributed by atoms with Gasteiger partial charge in [-0.05, 0) is 68.7 Å². The molecule has 8 nitrogen and oxygen atoms in total. The lowest BCUT2D eigenvalue weighted by Gasteiger charge is -2.35. The van der Waals surface area contributed by atoms with Crippen molar-refractivity contribution in [1.29, 1.82) is 0 Å². The molecule has 0 bridgehead atoms. The summed E-state index contributed by atoms with van der Waals surface area (Å²) < 4.78 is 0. The maximum absolute atomic E-state index is 13.3. The molecular weight excluding hydrogens is 474 g/mol. The zero-order chi connectivity index (χ0) is 26.5. The van der Waals surface area contributed by atoms with Crippen LogP contribution in [0.3, 0.4) is 0 Å². The highest BCUT2D eigenvalue weighted by Gasteiger charge is 2.27. The number of hydrogen-bond acceptors (Lipinski definition) is 6. The third kappa shape index (κ3) is 5.92. The minimum absolute atomic E-state index is 0.117. The molecule has 1 aromatic carbocycles. The molecule has 5 rings (SSSR count). The maximum atomic E-state index is 13.3. The molecule has 0 radical (unpaired) electrons. The summed E-state index contributed by atoms with van der Waals surface area (Å²) in [6.07, 6.45) is 5.34. The van der Waals surface area contributed by atoms with E-state index in [1.54, 1.807) is 0 Å². The van der Waals surface area contributed by atoms with Crippen molar-refractivity contribution in [3.63, 3.8) is 0 Å². The molecule has 1 amide bonds. The van der Waals surface area contributed by atoms with Crippen LogP contribution in [0.1, 0.15) is 67.1 Å². The van der Waals surface area contributed by atoms with Crippen molar-refractivity contribution < 1.29 is 4.79 Å². The average molecular weight is 518 g/mol. The quantitative estimate of drug-likeness (QED) is 0.439. The Balaban J connectivity index is 1.22. The van der Waals surface area contributed by atoms with E-state index >= 15 is 0 Å². The Labute approximate surface area is 227 Å². The number of aromatic amines is 1. The summed E-state index contributed by atoms with van der Waals surface area (Å²) in [4.78, 5) is 35.8. The van der Waals surface area contributed by atoms with Crippen molar-refractivity contribution in [1.82, 2.24) is 34.6 Å². The van der Waals surface area contributed by atoms with Gasteiger partial charge in [-0.1, -0.05) is 26.8 Å². The summed E-state index contributed by atoms with van der Waals surface area (Å²) in [6, 6.07) is 10.5. The summed E-state index contributed by atoms with van der Waals surface area (Å²) in [6.45, 7) is 16.1. The molecule has 1 unspecified atom stereocenters. The van der Waals surface area contributed by atoms with E-state index in [0.717, 1.165) is 101 Å². The third-order valence-corrected chi connectivity index (χ3v) is 8.43. The molecular formula is C30H43N7O. The fourth-order valence-electron chi connectivity index (χ4n) is 6.03. The second kappa shape index (κ2) is 12.4. The first-order valence-electron chi connectivity index (χ1n) is 14.5. The number of nitrogens with zero attached hydrogens (tertiary/aromatic N) is 6. The molecule has 1 aliphatic heterocycles. The summed E-state index contributed by atoms with van der Waals surface area (Å²) >= 11 is 0. The van der Waals surface area contributed by atoms with Gasteiger partial charge in [0.15, 0.2) is 0 Å². The lowest BCUT2D eigenvalue weighted by molar-refractivity contribution is 0.0625. The fraction of sp³-hybridized carbons (Fsp3) is 0.567. The molecule has 1 atom stereocenters.